The first kappa shape index (κ1) is 6.26. The summed E-state index contributed by atoms with van der Waals surface area (Å²) in [4.78, 5) is 0. The number of hydrogen-bond donors (Lipinski definition) is 0. The number of halogens is 2. The van der Waals surface area contributed by atoms with Crippen LogP contribution in [0.2, 0.25) is 0 Å². The van der Waals surface area contributed by atoms with Crippen molar-refractivity contribution in [3.05, 3.63) is 0 Å². The van der Waals surface area contributed by atoms with Crippen LogP contribution < -0.4 is 0 Å². The largest absolute Gasteiger partial charge is 0.122 e. The molecule has 2 heteroatoms. The Hall–Kier alpha value is 0.140. The molecule has 2 unspecified atom stereocenters. The lowest BCUT2D eigenvalue weighted by molar-refractivity contribution is 0.777. The molecule has 0 heterocycles. The molecule has 1 aliphatic carbocycles. The van der Waals surface area contributed by atoms with Gasteiger partial charge in [0, 0.05) is 11.8 Å². The van der Waals surface area contributed by atoms with Gasteiger partial charge in [-0.3, -0.25) is 0 Å². The molecule has 0 amide bonds. The van der Waals surface area contributed by atoms with Gasteiger partial charge >= 0.3 is 0 Å². The zero-order chi connectivity index (χ0) is 5.98. The van der Waals surface area contributed by atoms with Crippen LogP contribution in [0.15, 0.2) is 0 Å². The fourth-order valence-electron chi connectivity index (χ4n) is 0.647. The fourth-order valence-corrected chi connectivity index (χ4v) is 1.29. The van der Waals surface area contributed by atoms with Crippen LogP contribution in [-0.4, -0.2) is 10.8 Å². The summed E-state index contributed by atoms with van der Waals surface area (Å²) in [6, 6.07) is 0. The third-order valence-corrected chi connectivity index (χ3v) is 1.66. The van der Waals surface area contributed by atoms with Gasteiger partial charge in [0.25, 0.3) is 0 Å². The predicted octanol–water partition coefficient (Wildman–Crippen LogP) is 2.00. The summed E-state index contributed by atoms with van der Waals surface area (Å²) in [5, 5.41) is 0.171. The summed E-state index contributed by atoms with van der Waals surface area (Å²) < 4.78 is 0. The molecule has 0 nitrogen and oxygen atoms in total. The third kappa shape index (κ3) is 1.58. The summed E-state index contributed by atoms with van der Waals surface area (Å²) in [6.07, 6.45) is 1.63. The van der Waals surface area contributed by atoms with Crippen LogP contribution >= 0.6 is 23.2 Å². The van der Waals surface area contributed by atoms with Gasteiger partial charge in [-0.15, -0.1) is 29.1 Å². The SMILES string of the molecule is ClC1C#CCC(Cl)C1. The van der Waals surface area contributed by atoms with Gasteiger partial charge in [0.05, 0.1) is 5.38 Å². The lowest BCUT2D eigenvalue weighted by atomic mass is 10.1. The zero-order valence-corrected chi connectivity index (χ0v) is 5.84. The molecule has 1 rings (SSSR count). The first-order valence-corrected chi connectivity index (χ1v) is 3.43. The molecule has 0 aromatic rings. The first-order valence-electron chi connectivity index (χ1n) is 2.55. The van der Waals surface area contributed by atoms with Gasteiger partial charge in [-0.2, -0.15) is 0 Å². The van der Waals surface area contributed by atoms with E-state index in [1.165, 1.54) is 0 Å². The average molecular weight is 149 g/mol. The minimum atomic E-state index is -0.00810. The molecule has 2 atom stereocenters. The van der Waals surface area contributed by atoms with E-state index in [1.807, 2.05) is 0 Å². The number of rotatable bonds is 0. The molecular weight excluding hydrogens is 143 g/mol. The molecular formula is C6H6Cl2. The standard InChI is InChI=1S/C6H6Cl2/c7-5-2-1-3-6(8)4-5/h5-6H,2,4H2. The highest BCUT2D eigenvalue weighted by Gasteiger charge is 2.11. The van der Waals surface area contributed by atoms with Crippen molar-refractivity contribution in [3.63, 3.8) is 0 Å². The van der Waals surface area contributed by atoms with E-state index in [4.69, 9.17) is 23.2 Å². The molecule has 0 spiro atoms. The van der Waals surface area contributed by atoms with Crippen LogP contribution in [0.5, 0.6) is 0 Å². The second-order valence-electron chi connectivity index (χ2n) is 1.83. The second kappa shape index (κ2) is 2.62. The van der Waals surface area contributed by atoms with Crippen LogP contribution in [-0.2, 0) is 0 Å². The Morgan fingerprint density at radius 2 is 2.12 bits per heavy atom. The van der Waals surface area contributed by atoms with E-state index < -0.39 is 0 Å². The van der Waals surface area contributed by atoms with E-state index >= 15 is 0 Å². The summed E-state index contributed by atoms with van der Waals surface area (Å²) >= 11 is 11.4. The van der Waals surface area contributed by atoms with Crippen LogP contribution in [0.3, 0.4) is 0 Å². The van der Waals surface area contributed by atoms with Crippen molar-refractivity contribution >= 4 is 23.2 Å². The molecule has 0 fully saturated rings. The molecule has 0 N–H and O–H groups in total. The Bertz CT molecular complexity index is 131. The fraction of sp³-hybridized carbons (Fsp3) is 0.667. The maximum Gasteiger partial charge on any atom is 0.0957 e. The van der Waals surface area contributed by atoms with E-state index in [-0.39, 0.29) is 10.8 Å². The van der Waals surface area contributed by atoms with Crippen molar-refractivity contribution < 1.29 is 0 Å². The van der Waals surface area contributed by atoms with Gasteiger partial charge in [-0.25, -0.2) is 0 Å². The summed E-state index contributed by atoms with van der Waals surface area (Å²) in [6.45, 7) is 0. The number of hydrogen-bond acceptors (Lipinski definition) is 0. The Labute approximate surface area is 59.2 Å². The van der Waals surface area contributed by atoms with Crippen molar-refractivity contribution in [3.8, 4) is 11.8 Å². The Morgan fingerprint density at radius 1 is 1.38 bits per heavy atom. The maximum atomic E-state index is 5.72. The van der Waals surface area contributed by atoms with Crippen molar-refractivity contribution in [1.82, 2.24) is 0 Å². The van der Waals surface area contributed by atoms with Gasteiger partial charge in [-0.1, -0.05) is 5.92 Å². The molecule has 0 aromatic heterocycles. The summed E-state index contributed by atoms with van der Waals surface area (Å²) in [7, 11) is 0. The Kier molecular flexibility index (Phi) is 2.05. The normalized spacial score (nSPS) is 35.8. The molecule has 0 aliphatic heterocycles. The maximum absolute atomic E-state index is 5.72. The third-order valence-electron chi connectivity index (χ3n) is 1.04. The molecule has 8 heavy (non-hydrogen) atoms. The molecule has 0 bridgehead atoms. The smallest absolute Gasteiger partial charge is 0.0957 e. The van der Waals surface area contributed by atoms with E-state index in [1.54, 1.807) is 0 Å². The summed E-state index contributed by atoms with van der Waals surface area (Å²) in [5.74, 6) is 5.71. The van der Waals surface area contributed by atoms with Crippen LogP contribution in [0, 0.1) is 11.8 Å². The minimum Gasteiger partial charge on any atom is -0.122 e. The second-order valence-corrected chi connectivity index (χ2v) is 2.97. The number of alkyl halides is 2. The van der Waals surface area contributed by atoms with Crippen molar-refractivity contribution in [2.24, 2.45) is 0 Å². The van der Waals surface area contributed by atoms with Gasteiger partial charge < -0.3 is 0 Å². The highest BCUT2D eigenvalue weighted by Crippen LogP contribution is 2.16. The van der Waals surface area contributed by atoms with Gasteiger partial charge in [0.15, 0.2) is 0 Å². The topological polar surface area (TPSA) is 0 Å². The molecule has 1 aliphatic rings. The molecule has 0 aromatic carbocycles. The zero-order valence-electron chi connectivity index (χ0n) is 4.32. The highest BCUT2D eigenvalue weighted by molar-refractivity contribution is 6.25. The Balaban J connectivity index is 2.49. The van der Waals surface area contributed by atoms with Crippen LogP contribution in [0.4, 0.5) is 0 Å². The minimum absolute atomic E-state index is 0.00810. The quantitative estimate of drug-likeness (QED) is 0.365. The lowest BCUT2D eigenvalue weighted by Gasteiger charge is -2.09. The average Bonchev–Trinajstić information content (AvgIpc) is 1.64. The van der Waals surface area contributed by atoms with Crippen molar-refractivity contribution in [2.75, 3.05) is 0 Å². The van der Waals surface area contributed by atoms with Crippen LogP contribution in [0.1, 0.15) is 12.8 Å². The van der Waals surface area contributed by atoms with Gasteiger partial charge in [0.2, 0.25) is 0 Å². The molecule has 0 saturated heterocycles. The summed E-state index contributed by atoms with van der Waals surface area (Å²) in [5.41, 5.74) is 0. The first-order chi connectivity index (χ1) is 3.79. The molecule has 0 saturated carbocycles. The molecule has 44 valence electrons. The Morgan fingerprint density at radius 3 is 2.50 bits per heavy atom. The highest BCUT2D eigenvalue weighted by atomic mass is 35.5. The lowest BCUT2D eigenvalue weighted by Crippen LogP contribution is -2.09. The van der Waals surface area contributed by atoms with Crippen LogP contribution in [0.25, 0.3) is 0 Å². The van der Waals surface area contributed by atoms with E-state index in [9.17, 15) is 0 Å². The van der Waals surface area contributed by atoms with Gasteiger partial charge in [0.1, 0.15) is 0 Å². The molecule has 0 radical (unpaired) electrons. The van der Waals surface area contributed by atoms with Crippen molar-refractivity contribution in [2.45, 2.75) is 23.6 Å². The van der Waals surface area contributed by atoms with Gasteiger partial charge in [-0.05, 0) is 6.42 Å². The van der Waals surface area contributed by atoms with Crippen molar-refractivity contribution in [1.29, 1.82) is 0 Å². The predicted molar refractivity (Wildman–Crippen MR) is 36.3 cm³/mol. The van der Waals surface area contributed by atoms with E-state index in [2.05, 4.69) is 11.8 Å². The van der Waals surface area contributed by atoms with E-state index in [0.717, 1.165) is 12.8 Å². The monoisotopic (exact) mass is 148 g/mol. The van der Waals surface area contributed by atoms with E-state index in [0.29, 0.717) is 0 Å².